The Morgan fingerprint density at radius 3 is 2.65 bits per heavy atom. The predicted octanol–water partition coefficient (Wildman–Crippen LogP) is 4.63. The van der Waals surface area contributed by atoms with Crippen molar-refractivity contribution in [2.75, 3.05) is 11.5 Å². The first-order valence-electron chi connectivity index (χ1n) is 8.62. The molecule has 1 aliphatic rings. The van der Waals surface area contributed by atoms with Gasteiger partial charge in [-0.25, -0.2) is 4.79 Å². The van der Waals surface area contributed by atoms with Gasteiger partial charge in [-0.3, -0.25) is 9.69 Å². The Morgan fingerprint density at radius 2 is 2.04 bits per heavy atom. The fourth-order valence-electron chi connectivity index (χ4n) is 3.09. The van der Waals surface area contributed by atoms with Gasteiger partial charge in [-0.05, 0) is 55.9 Å². The number of alkyl halides is 3. The number of benzene rings is 1. The van der Waals surface area contributed by atoms with Crippen molar-refractivity contribution in [1.29, 1.82) is 0 Å². The van der Waals surface area contributed by atoms with Crippen LogP contribution in [0.25, 0.3) is 0 Å². The average molecular weight is 373 g/mol. The largest absolute Gasteiger partial charge is 0.481 e. The van der Waals surface area contributed by atoms with Crippen LogP contribution in [0.5, 0.6) is 0 Å². The van der Waals surface area contributed by atoms with Gasteiger partial charge in [-0.2, -0.15) is 13.2 Å². The van der Waals surface area contributed by atoms with E-state index in [2.05, 4.69) is 0 Å². The van der Waals surface area contributed by atoms with Crippen LogP contribution in [-0.2, 0) is 22.1 Å². The predicted molar refractivity (Wildman–Crippen MR) is 89.2 cm³/mol. The lowest BCUT2D eigenvalue weighted by molar-refractivity contribution is -0.138. The Balaban J connectivity index is 2.11. The van der Waals surface area contributed by atoms with Crippen molar-refractivity contribution in [1.82, 2.24) is 0 Å². The molecule has 5 nitrogen and oxygen atoms in total. The van der Waals surface area contributed by atoms with Crippen molar-refractivity contribution in [3.05, 3.63) is 29.3 Å². The van der Waals surface area contributed by atoms with E-state index in [1.807, 2.05) is 6.92 Å². The summed E-state index contributed by atoms with van der Waals surface area (Å²) in [6, 6.07) is 3.26. The van der Waals surface area contributed by atoms with E-state index in [0.717, 1.165) is 12.1 Å². The number of carboxylic acid groups (broad SMARTS) is 1. The Labute approximate surface area is 149 Å². The van der Waals surface area contributed by atoms with Gasteiger partial charge in [-0.1, -0.05) is 6.92 Å². The molecule has 0 spiro atoms. The van der Waals surface area contributed by atoms with Crippen LogP contribution in [-0.4, -0.2) is 29.8 Å². The lowest BCUT2D eigenvalue weighted by atomic mass is 9.93. The average Bonchev–Trinajstić information content (AvgIpc) is 2.58. The highest BCUT2D eigenvalue weighted by molar-refractivity contribution is 5.90. The zero-order valence-corrected chi connectivity index (χ0v) is 14.5. The third kappa shape index (κ3) is 4.89. The summed E-state index contributed by atoms with van der Waals surface area (Å²) in [7, 11) is 0. The highest BCUT2D eigenvalue weighted by atomic mass is 19.4. The summed E-state index contributed by atoms with van der Waals surface area (Å²) in [5, 5.41) is 8.59. The molecule has 0 bridgehead atoms. The molecular formula is C18H22F3NO4. The second kappa shape index (κ2) is 8.42. The Hall–Kier alpha value is -2.25. The van der Waals surface area contributed by atoms with Crippen molar-refractivity contribution in [3.8, 4) is 0 Å². The summed E-state index contributed by atoms with van der Waals surface area (Å²) in [6.45, 7) is 1.99. The van der Waals surface area contributed by atoms with Crippen LogP contribution in [0.2, 0.25) is 0 Å². The third-order valence-electron chi connectivity index (χ3n) is 4.46. The lowest BCUT2D eigenvalue weighted by Gasteiger charge is -2.36. The number of aliphatic carboxylic acids is 1. The number of aryl methyl sites for hydroxylation is 1. The van der Waals surface area contributed by atoms with E-state index in [0.29, 0.717) is 43.4 Å². The second-order valence-corrected chi connectivity index (χ2v) is 6.28. The van der Waals surface area contributed by atoms with E-state index in [-0.39, 0.29) is 19.1 Å². The minimum Gasteiger partial charge on any atom is -0.481 e. The van der Waals surface area contributed by atoms with Gasteiger partial charge >= 0.3 is 18.2 Å². The summed E-state index contributed by atoms with van der Waals surface area (Å²) in [6.07, 6.45) is -2.51. The molecule has 1 aromatic carbocycles. The molecule has 8 heteroatoms. The summed E-state index contributed by atoms with van der Waals surface area (Å²) in [4.78, 5) is 24.4. The summed E-state index contributed by atoms with van der Waals surface area (Å²) in [5.74, 6) is -0.909. The van der Waals surface area contributed by atoms with Crippen LogP contribution in [0.3, 0.4) is 0 Å². The molecule has 0 aliphatic carbocycles. The number of anilines is 1. The summed E-state index contributed by atoms with van der Waals surface area (Å²) >= 11 is 0. The van der Waals surface area contributed by atoms with Crippen LogP contribution in [0.1, 0.15) is 50.2 Å². The Morgan fingerprint density at radius 1 is 1.31 bits per heavy atom. The highest BCUT2D eigenvalue weighted by Crippen LogP contribution is 2.37. The van der Waals surface area contributed by atoms with Crippen molar-refractivity contribution >= 4 is 17.7 Å². The molecule has 1 atom stereocenters. The van der Waals surface area contributed by atoms with E-state index < -0.39 is 23.8 Å². The van der Waals surface area contributed by atoms with Crippen LogP contribution in [0.15, 0.2) is 18.2 Å². The molecule has 26 heavy (non-hydrogen) atoms. The molecule has 0 fully saturated rings. The number of amides is 1. The van der Waals surface area contributed by atoms with Gasteiger partial charge in [0.2, 0.25) is 0 Å². The molecule has 1 unspecified atom stereocenters. The van der Waals surface area contributed by atoms with Gasteiger partial charge in [0.1, 0.15) is 0 Å². The van der Waals surface area contributed by atoms with E-state index >= 15 is 0 Å². The number of unbranched alkanes of at least 4 members (excludes halogenated alkanes) is 1. The topological polar surface area (TPSA) is 66.8 Å². The van der Waals surface area contributed by atoms with Crippen LogP contribution < -0.4 is 4.90 Å². The number of hydrogen-bond donors (Lipinski definition) is 1. The van der Waals surface area contributed by atoms with E-state index in [1.54, 1.807) is 0 Å². The fourth-order valence-corrected chi connectivity index (χ4v) is 3.09. The minimum absolute atomic E-state index is 0.00189. The molecule has 1 heterocycles. The van der Waals surface area contributed by atoms with E-state index in [4.69, 9.17) is 9.84 Å². The van der Waals surface area contributed by atoms with Crippen molar-refractivity contribution in [2.24, 2.45) is 0 Å². The van der Waals surface area contributed by atoms with Gasteiger partial charge in [0.05, 0.1) is 17.9 Å². The van der Waals surface area contributed by atoms with Gasteiger partial charge in [0.15, 0.2) is 0 Å². The number of hydrogen-bond acceptors (Lipinski definition) is 3. The molecule has 2 rings (SSSR count). The SMILES string of the molecule is CCC1CCc2cc(C(F)(F)F)ccc2N1C(=O)OCCCCC(=O)O. The smallest absolute Gasteiger partial charge is 0.416 e. The minimum atomic E-state index is -4.42. The van der Waals surface area contributed by atoms with Gasteiger partial charge in [0.25, 0.3) is 0 Å². The van der Waals surface area contributed by atoms with Crippen molar-refractivity contribution in [3.63, 3.8) is 0 Å². The molecule has 0 saturated carbocycles. The lowest BCUT2D eigenvalue weighted by Crippen LogP contribution is -2.44. The number of carboxylic acids is 1. The molecule has 1 aromatic rings. The maximum atomic E-state index is 12.9. The van der Waals surface area contributed by atoms with Crippen molar-refractivity contribution in [2.45, 2.75) is 57.7 Å². The molecule has 1 aliphatic heterocycles. The molecule has 1 amide bonds. The summed E-state index contributed by atoms with van der Waals surface area (Å²) < 4.78 is 43.9. The standard InChI is InChI=1S/C18H22F3NO4/c1-2-14-8-6-12-11-13(18(19,20)21)7-9-15(12)22(14)17(25)26-10-4-3-5-16(23)24/h7,9,11,14H,2-6,8,10H2,1H3,(H,23,24). The summed E-state index contributed by atoms with van der Waals surface area (Å²) in [5.41, 5.74) is 0.201. The quantitative estimate of drug-likeness (QED) is 0.739. The first kappa shape index (κ1) is 20.1. The number of rotatable bonds is 6. The normalized spacial score (nSPS) is 16.9. The zero-order valence-electron chi connectivity index (χ0n) is 14.5. The third-order valence-corrected chi connectivity index (χ3v) is 4.46. The fraction of sp³-hybridized carbons (Fsp3) is 0.556. The number of nitrogens with zero attached hydrogens (tertiary/aromatic N) is 1. The number of carbonyl (C=O) groups excluding carboxylic acids is 1. The number of fused-ring (bicyclic) bond motifs is 1. The first-order chi connectivity index (χ1) is 12.2. The number of ether oxygens (including phenoxy) is 1. The van der Waals surface area contributed by atoms with E-state index in [9.17, 15) is 22.8 Å². The van der Waals surface area contributed by atoms with Crippen LogP contribution in [0, 0.1) is 0 Å². The molecule has 0 radical (unpaired) electrons. The van der Waals surface area contributed by atoms with Gasteiger partial charge in [-0.15, -0.1) is 0 Å². The molecule has 1 N–H and O–H groups in total. The first-order valence-corrected chi connectivity index (χ1v) is 8.62. The molecule has 0 aromatic heterocycles. The number of carbonyl (C=O) groups is 2. The highest BCUT2D eigenvalue weighted by Gasteiger charge is 2.35. The molecule has 144 valence electrons. The maximum Gasteiger partial charge on any atom is 0.416 e. The Bertz CT molecular complexity index is 660. The zero-order chi connectivity index (χ0) is 19.3. The van der Waals surface area contributed by atoms with Crippen molar-refractivity contribution < 1.29 is 32.6 Å². The molecule has 0 saturated heterocycles. The molecular weight excluding hydrogens is 351 g/mol. The van der Waals surface area contributed by atoms with E-state index in [1.165, 1.54) is 11.0 Å². The van der Waals surface area contributed by atoms with Crippen LogP contribution >= 0.6 is 0 Å². The number of halogens is 3. The second-order valence-electron chi connectivity index (χ2n) is 6.28. The Kier molecular flexibility index (Phi) is 6.50. The van der Waals surface area contributed by atoms with Crippen LogP contribution in [0.4, 0.5) is 23.7 Å². The van der Waals surface area contributed by atoms with Gasteiger partial charge < -0.3 is 9.84 Å². The maximum absolute atomic E-state index is 12.9. The van der Waals surface area contributed by atoms with Gasteiger partial charge in [0, 0.05) is 12.5 Å². The monoisotopic (exact) mass is 373 g/mol.